The van der Waals surface area contributed by atoms with E-state index >= 15 is 0 Å². The molecule has 1 amide bonds. The van der Waals surface area contributed by atoms with E-state index in [9.17, 15) is 9.18 Å². The van der Waals surface area contributed by atoms with Gasteiger partial charge in [0.2, 0.25) is 5.79 Å². The maximum atomic E-state index is 13.4. The first kappa shape index (κ1) is 17.5. The normalized spacial score (nSPS) is 15.3. The standard InChI is InChI=1S/C20H20FN3O3/c1-20(2)26-11-15-13(9-23-17(18(15)27-20)19(25)22-3)10-24-7-6-12-8-14(21)4-5-16(12)24/h4-9H,10-11H2,1-3H3,(H,22,25). The largest absolute Gasteiger partial charge is 0.460 e. The molecule has 0 aliphatic carbocycles. The molecule has 0 saturated heterocycles. The zero-order valence-corrected chi connectivity index (χ0v) is 15.4. The number of ether oxygens (including phenoxy) is 2. The zero-order chi connectivity index (χ0) is 19.2. The van der Waals surface area contributed by atoms with Crippen LogP contribution in [-0.4, -0.2) is 28.3 Å². The van der Waals surface area contributed by atoms with Gasteiger partial charge in [-0.2, -0.15) is 0 Å². The first-order valence-electron chi connectivity index (χ1n) is 8.68. The van der Waals surface area contributed by atoms with Gasteiger partial charge in [-0.3, -0.25) is 4.79 Å². The molecule has 0 unspecified atom stereocenters. The minimum Gasteiger partial charge on any atom is -0.460 e. The van der Waals surface area contributed by atoms with Crippen molar-refractivity contribution in [2.45, 2.75) is 32.8 Å². The molecule has 0 saturated carbocycles. The van der Waals surface area contributed by atoms with E-state index in [0.717, 1.165) is 22.0 Å². The van der Waals surface area contributed by atoms with Crippen LogP contribution in [0, 0.1) is 5.82 Å². The number of hydrogen-bond acceptors (Lipinski definition) is 4. The number of hydrogen-bond donors (Lipinski definition) is 1. The molecule has 3 aromatic rings. The van der Waals surface area contributed by atoms with E-state index in [1.807, 2.05) is 16.8 Å². The molecule has 2 aromatic heterocycles. The molecule has 1 aromatic carbocycles. The van der Waals surface area contributed by atoms with Gasteiger partial charge in [-0.05, 0) is 29.8 Å². The van der Waals surface area contributed by atoms with Crippen molar-refractivity contribution >= 4 is 16.8 Å². The monoisotopic (exact) mass is 369 g/mol. The lowest BCUT2D eigenvalue weighted by molar-refractivity contribution is -0.180. The second-order valence-electron chi connectivity index (χ2n) is 6.96. The number of carbonyl (C=O) groups is 1. The topological polar surface area (TPSA) is 65.4 Å². The maximum Gasteiger partial charge on any atom is 0.273 e. The van der Waals surface area contributed by atoms with Crippen molar-refractivity contribution in [2.75, 3.05) is 7.05 Å². The Kier molecular flexibility index (Phi) is 4.11. The molecule has 1 aliphatic rings. The van der Waals surface area contributed by atoms with Gasteiger partial charge < -0.3 is 19.4 Å². The van der Waals surface area contributed by atoms with Gasteiger partial charge >= 0.3 is 0 Å². The Balaban J connectivity index is 1.78. The molecular formula is C20H20FN3O3. The highest BCUT2D eigenvalue weighted by Gasteiger charge is 2.33. The average Bonchev–Trinajstić information content (AvgIpc) is 3.02. The van der Waals surface area contributed by atoms with Gasteiger partial charge in [-0.1, -0.05) is 0 Å². The van der Waals surface area contributed by atoms with E-state index in [-0.39, 0.29) is 17.4 Å². The number of halogens is 1. The lowest BCUT2D eigenvalue weighted by Crippen LogP contribution is -2.37. The third-order valence-corrected chi connectivity index (χ3v) is 4.65. The lowest BCUT2D eigenvalue weighted by atomic mass is 10.1. The van der Waals surface area contributed by atoms with Crippen LogP contribution >= 0.6 is 0 Å². The molecule has 0 spiro atoms. The third kappa shape index (κ3) is 3.14. The number of benzene rings is 1. The Hall–Kier alpha value is -2.93. The Bertz CT molecular complexity index is 1040. The predicted octanol–water partition coefficient (Wildman–Crippen LogP) is 3.23. The molecule has 27 heavy (non-hydrogen) atoms. The van der Waals surface area contributed by atoms with E-state index in [4.69, 9.17) is 9.47 Å². The number of nitrogens with one attached hydrogen (secondary N) is 1. The van der Waals surface area contributed by atoms with Gasteiger partial charge in [0.15, 0.2) is 11.4 Å². The summed E-state index contributed by atoms with van der Waals surface area (Å²) in [7, 11) is 1.56. The van der Waals surface area contributed by atoms with Crippen LogP contribution in [0.15, 0.2) is 36.7 Å². The predicted molar refractivity (Wildman–Crippen MR) is 98.1 cm³/mol. The molecule has 1 aliphatic heterocycles. The van der Waals surface area contributed by atoms with Crippen LogP contribution in [0.5, 0.6) is 5.75 Å². The fourth-order valence-electron chi connectivity index (χ4n) is 3.27. The van der Waals surface area contributed by atoms with Crippen molar-refractivity contribution in [1.82, 2.24) is 14.9 Å². The van der Waals surface area contributed by atoms with Crippen LogP contribution in [0.1, 0.15) is 35.5 Å². The van der Waals surface area contributed by atoms with Crippen molar-refractivity contribution in [3.63, 3.8) is 0 Å². The molecular weight excluding hydrogens is 349 g/mol. The molecule has 7 heteroatoms. The molecule has 1 N–H and O–H groups in total. The number of aromatic nitrogens is 2. The molecule has 3 heterocycles. The van der Waals surface area contributed by atoms with Crippen LogP contribution in [0.25, 0.3) is 10.9 Å². The number of pyridine rings is 1. The molecule has 140 valence electrons. The molecule has 4 rings (SSSR count). The van der Waals surface area contributed by atoms with Crippen molar-refractivity contribution in [3.8, 4) is 5.75 Å². The minimum absolute atomic E-state index is 0.243. The maximum absolute atomic E-state index is 13.4. The molecule has 6 nitrogen and oxygen atoms in total. The third-order valence-electron chi connectivity index (χ3n) is 4.65. The van der Waals surface area contributed by atoms with Crippen LogP contribution in [0.2, 0.25) is 0 Å². The van der Waals surface area contributed by atoms with Crippen molar-refractivity contribution in [3.05, 3.63) is 59.3 Å². The first-order valence-corrected chi connectivity index (χ1v) is 8.68. The van der Waals surface area contributed by atoms with Gasteiger partial charge in [0.25, 0.3) is 5.91 Å². The quantitative estimate of drug-likeness (QED) is 0.770. The smallest absolute Gasteiger partial charge is 0.273 e. The highest BCUT2D eigenvalue weighted by atomic mass is 19.1. The van der Waals surface area contributed by atoms with Gasteiger partial charge in [-0.15, -0.1) is 0 Å². The Labute approximate surface area is 155 Å². The van der Waals surface area contributed by atoms with Crippen LogP contribution in [0.4, 0.5) is 4.39 Å². The molecule has 0 bridgehead atoms. The SMILES string of the molecule is CNC(=O)c1ncc(Cn2ccc3cc(F)ccc32)c2c1OC(C)(C)OC2. The van der Waals surface area contributed by atoms with Crippen LogP contribution in [-0.2, 0) is 17.9 Å². The zero-order valence-electron chi connectivity index (χ0n) is 15.4. The summed E-state index contributed by atoms with van der Waals surface area (Å²) in [4.78, 5) is 16.5. The second kappa shape index (κ2) is 6.35. The lowest BCUT2D eigenvalue weighted by Gasteiger charge is -2.34. The van der Waals surface area contributed by atoms with Gasteiger partial charge in [-0.25, -0.2) is 9.37 Å². The van der Waals surface area contributed by atoms with Gasteiger partial charge in [0.05, 0.1) is 6.61 Å². The number of amides is 1. The number of nitrogens with zero attached hydrogens (tertiary/aromatic N) is 2. The van der Waals surface area contributed by atoms with Gasteiger partial charge in [0.1, 0.15) is 5.82 Å². The molecule has 0 radical (unpaired) electrons. The average molecular weight is 369 g/mol. The number of rotatable bonds is 3. The highest BCUT2D eigenvalue weighted by Crippen LogP contribution is 2.36. The van der Waals surface area contributed by atoms with Crippen molar-refractivity contribution < 1.29 is 18.7 Å². The summed E-state index contributed by atoms with van der Waals surface area (Å²) in [5, 5.41) is 3.42. The summed E-state index contributed by atoms with van der Waals surface area (Å²) in [6.07, 6.45) is 3.57. The van der Waals surface area contributed by atoms with E-state index < -0.39 is 5.79 Å². The van der Waals surface area contributed by atoms with E-state index in [0.29, 0.717) is 18.9 Å². The van der Waals surface area contributed by atoms with Gasteiger partial charge in [0, 0.05) is 56.3 Å². The van der Waals surface area contributed by atoms with E-state index in [1.165, 1.54) is 12.1 Å². The summed E-state index contributed by atoms with van der Waals surface area (Å²) < 4.78 is 27.2. The summed E-state index contributed by atoms with van der Waals surface area (Å²) in [6, 6.07) is 6.56. The second-order valence-corrected chi connectivity index (χ2v) is 6.96. The minimum atomic E-state index is -0.840. The highest BCUT2D eigenvalue weighted by molar-refractivity contribution is 5.95. The summed E-state index contributed by atoms with van der Waals surface area (Å²) in [6.45, 7) is 4.41. The Morgan fingerprint density at radius 1 is 1.37 bits per heavy atom. The number of carbonyl (C=O) groups excluding carboxylic acids is 1. The van der Waals surface area contributed by atoms with Crippen LogP contribution in [0.3, 0.4) is 0 Å². The Morgan fingerprint density at radius 3 is 2.96 bits per heavy atom. The van der Waals surface area contributed by atoms with E-state index in [2.05, 4.69) is 10.3 Å². The van der Waals surface area contributed by atoms with E-state index in [1.54, 1.807) is 33.2 Å². The summed E-state index contributed by atoms with van der Waals surface area (Å²) in [5.74, 6) is -0.963. The van der Waals surface area contributed by atoms with Crippen LogP contribution < -0.4 is 10.1 Å². The summed E-state index contributed by atoms with van der Waals surface area (Å²) >= 11 is 0. The van der Waals surface area contributed by atoms with Crippen molar-refractivity contribution in [1.29, 1.82) is 0 Å². The molecule has 0 atom stereocenters. The van der Waals surface area contributed by atoms with Crippen molar-refractivity contribution in [2.24, 2.45) is 0 Å². The first-order chi connectivity index (χ1) is 12.9. The summed E-state index contributed by atoms with van der Waals surface area (Å²) in [5.41, 5.74) is 2.84. The molecule has 0 fully saturated rings. The number of fused-ring (bicyclic) bond motifs is 2. The Morgan fingerprint density at radius 2 is 2.19 bits per heavy atom. The fraction of sp³-hybridized carbons (Fsp3) is 0.300. The fourth-order valence-corrected chi connectivity index (χ4v) is 3.27.